The third-order valence-corrected chi connectivity index (χ3v) is 3.70. The summed E-state index contributed by atoms with van der Waals surface area (Å²) in [6.07, 6.45) is 0. The molecule has 2 N–H and O–H groups in total. The van der Waals surface area contributed by atoms with Gasteiger partial charge >= 0.3 is 0 Å². The van der Waals surface area contributed by atoms with Crippen molar-refractivity contribution in [3.8, 4) is 11.5 Å². The minimum atomic E-state index is -0.134. The monoisotopic (exact) mass is 388 g/mol. The van der Waals surface area contributed by atoms with Crippen LogP contribution in [-0.2, 0) is 14.3 Å². The van der Waals surface area contributed by atoms with Gasteiger partial charge in [-0.25, -0.2) is 0 Å². The molecule has 7 heteroatoms. The molecule has 1 amide bonds. The number of benzene rings is 2. The van der Waals surface area contributed by atoms with Gasteiger partial charge in [-0.3, -0.25) is 4.79 Å². The first kappa shape index (κ1) is 21.5. The maximum Gasteiger partial charge on any atom is 0.243 e. The summed E-state index contributed by atoms with van der Waals surface area (Å²) in [6.45, 7) is 4.89. The van der Waals surface area contributed by atoms with Crippen LogP contribution in [0.4, 0.5) is 11.4 Å². The molecule has 0 unspecified atom stereocenters. The molecule has 7 nitrogen and oxygen atoms in total. The van der Waals surface area contributed by atoms with Gasteiger partial charge in [-0.05, 0) is 55.5 Å². The minimum Gasteiger partial charge on any atom is -0.491 e. The summed E-state index contributed by atoms with van der Waals surface area (Å²) in [5, 5.41) is 5.92. The van der Waals surface area contributed by atoms with Gasteiger partial charge in [0, 0.05) is 25.1 Å². The van der Waals surface area contributed by atoms with Gasteiger partial charge in [0.2, 0.25) is 5.91 Å². The van der Waals surface area contributed by atoms with Gasteiger partial charge in [-0.15, -0.1) is 0 Å². The summed E-state index contributed by atoms with van der Waals surface area (Å²) in [7, 11) is 1.63. The van der Waals surface area contributed by atoms with E-state index in [1.165, 1.54) is 0 Å². The Bertz CT molecular complexity index is 689. The normalized spacial score (nSPS) is 10.4. The fourth-order valence-corrected chi connectivity index (χ4v) is 2.30. The fourth-order valence-electron chi connectivity index (χ4n) is 2.30. The third-order valence-electron chi connectivity index (χ3n) is 3.70. The highest BCUT2D eigenvalue weighted by Crippen LogP contribution is 2.17. The lowest BCUT2D eigenvalue weighted by Crippen LogP contribution is -2.21. The first-order valence-corrected chi connectivity index (χ1v) is 9.27. The third kappa shape index (κ3) is 8.28. The molecule has 0 aliphatic rings. The molecule has 0 fully saturated rings. The molecule has 28 heavy (non-hydrogen) atoms. The van der Waals surface area contributed by atoms with Crippen LogP contribution in [0, 0.1) is 0 Å². The lowest BCUT2D eigenvalue weighted by Gasteiger charge is -2.10. The van der Waals surface area contributed by atoms with Gasteiger partial charge in [-0.1, -0.05) is 0 Å². The molecule has 152 valence electrons. The lowest BCUT2D eigenvalue weighted by atomic mass is 10.3. The quantitative estimate of drug-likeness (QED) is 0.513. The molecule has 0 atom stereocenters. The SMILES string of the molecule is CCOCCOc1ccc(NCC(=O)Nc2ccc(OCCOC)cc2)cc1. The largest absolute Gasteiger partial charge is 0.491 e. The van der Waals surface area contributed by atoms with Crippen LogP contribution in [0.1, 0.15) is 6.92 Å². The lowest BCUT2D eigenvalue weighted by molar-refractivity contribution is -0.114. The average Bonchev–Trinajstić information content (AvgIpc) is 2.72. The minimum absolute atomic E-state index is 0.134. The molecule has 0 saturated carbocycles. The Morgan fingerprint density at radius 1 is 0.821 bits per heavy atom. The van der Waals surface area contributed by atoms with E-state index in [1.54, 1.807) is 19.2 Å². The Labute approximate surface area is 165 Å². The van der Waals surface area contributed by atoms with Crippen molar-refractivity contribution in [2.24, 2.45) is 0 Å². The predicted molar refractivity (Wildman–Crippen MR) is 109 cm³/mol. The Morgan fingerprint density at radius 3 is 1.96 bits per heavy atom. The van der Waals surface area contributed by atoms with Crippen LogP contribution in [0.2, 0.25) is 0 Å². The summed E-state index contributed by atoms with van der Waals surface area (Å²) in [5.74, 6) is 1.37. The summed E-state index contributed by atoms with van der Waals surface area (Å²) in [5.41, 5.74) is 1.55. The van der Waals surface area contributed by atoms with Crippen molar-refractivity contribution in [1.29, 1.82) is 0 Å². The number of hydrogen-bond acceptors (Lipinski definition) is 6. The van der Waals surface area contributed by atoms with Gasteiger partial charge < -0.3 is 29.6 Å². The Hall–Kier alpha value is -2.77. The number of anilines is 2. The molecule has 0 bridgehead atoms. The number of amides is 1. The standard InChI is InChI=1S/C21H28N2O5/c1-3-26-13-15-28-19-8-4-17(5-9-19)22-16-21(24)23-18-6-10-20(11-7-18)27-14-12-25-2/h4-11,22H,3,12-16H2,1-2H3,(H,23,24). The topological polar surface area (TPSA) is 78.1 Å². The van der Waals surface area contributed by atoms with Crippen molar-refractivity contribution in [2.75, 3.05) is 57.3 Å². The van der Waals surface area contributed by atoms with Crippen molar-refractivity contribution in [3.63, 3.8) is 0 Å². The molecule has 0 aromatic heterocycles. The van der Waals surface area contributed by atoms with Crippen LogP contribution in [-0.4, -0.2) is 52.6 Å². The first-order valence-electron chi connectivity index (χ1n) is 9.27. The Morgan fingerprint density at radius 2 is 1.39 bits per heavy atom. The van der Waals surface area contributed by atoms with Crippen LogP contribution in [0.15, 0.2) is 48.5 Å². The smallest absolute Gasteiger partial charge is 0.243 e. The van der Waals surface area contributed by atoms with Gasteiger partial charge in [0.15, 0.2) is 0 Å². The van der Waals surface area contributed by atoms with Crippen LogP contribution in [0.25, 0.3) is 0 Å². The fraction of sp³-hybridized carbons (Fsp3) is 0.381. The second-order valence-electron chi connectivity index (χ2n) is 5.84. The van der Waals surface area contributed by atoms with Crippen LogP contribution in [0.5, 0.6) is 11.5 Å². The maximum atomic E-state index is 12.1. The van der Waals surface area contributed by atoms with Gasteiger partial charge in [0.1, 0.15) is 24.7 Å². The van der Waals surface area contributed by atoms with Crippen molar-refractivity contribution in [1.82, 2.24) is 0 Å². The van der Waals surface area contributed by atoms with Crippen LogP contribution >= 0.6 is 0 Å². The highest BCUT2D eigenvalue weighted by Gasteiger charge is 2.03. The van der Waals surface area contributed by atoms with E-state index in [0.717, 1.165) is 17.2 Å². The average molecular weight is 388 g/mol. The highest BCUT2D eigenvalue weighted by atomic mass is 16.5. The number of hydrogen-bond donors (Lipinski definition) is 2. The van der Waals surface area contributed by atoms with E-state index in [1.807, 2.05) is 43.3 Å². The molecule has 0 saturated heterocycles. The molecule has 0 heterocycles. The highest BCUT2D eigenvalue weighted by molar-refractivity contribution is 5.93. The predicted octanol–water partition coefficient (Wildman–Crippen LogP) is 3.18. The summed E-state index contributed by atoms with van der Waals surface area (Å²) in [4.78, 5) is 12.1. The van der Waals surface area contributed by atoms with Crippen molar-refractivity contribution >= 4 is 17.3 Å². The molecule has 2 aromatic rings. The van der Waals surface area contributed by atoms with Crippen LogP contribution < -0.4 is 20.1 Å². The van der Waals surface area contributed by atoms with Crippen molar-refractivity contribution in [3.05, 3.63) is 48.5 Å². The zero-order chi connectivity index (χ0) is 20.0. The number of carbonyl (C=O) groups is 1. The summed E-state index contributed by atoms with van der Waals surface area (Å²) >= 11 is 0. The van der Waals surface area contributed by atoms with E-state index < -0.39 is 0 Å². The van der Waals surface area contributed by atoms with E-state index in [9.17, 15) is 4.79 Å². The van der Waals surface area contributed by atoms with E-state index in [-0.39, 0.29) is 12.5 Å². The molecule has 0 spiro atoms. The number of carbonyl (C=O) groups excluding carboxylic acids is 1. The van der Waals surface area contributed by atoms with E-state index in [4.69, 9.17) is 18.9 Å². The first-order chi connectivity index (χ1) is 13.7. The van der Waals surface area contributed by atoms with E-state index in [2.05, 4.69) is 10.6 Å². The number of methoxy groups -OCH3 is 1. The number of rotatable bonds is 13. The molecule has 0 aliphatic carbocycles. The van der Waals surface area contributed by atoms with Gasteiger partial charge in [0.05, 0.1) is 19.8 Å². The molecule has 2 aromatic carbocycles. The molecular weight excluding hydrogens is 360 g/mol. The van der Waals surface area contributed by atoms with E-state index in [0.29, 0.717) is 38.7 Å². The molecule has 0 aliphatic heterocycles. The van der Waals surface area contributed by atoms with Crippen molar-refractivity contribution in [2.45, 2.75) is 6.92 Å². The summed E-state index contributed by atoms with van der Waals surface area (Å²) in [6, 6.07) is 14.7. The van der Waals surface area contributed by atoms with Crippen LogP contribution in [0.3, 0.4) is 0 Å². The maximum absolute atomic E-state index is 12.1. The molecule has 0 radical (unpaired) electrons. The zero-order valence-corrected chi connectivity index (χ0v) is 16.4. The zero-order valence-electron chi connectivity index (χ0n) is 16.4. The second-order valence-corrected chi connectivity index (χ2v) is 5.84. The van der Waals surface area contributed by atoms with Gasteiger partial charge in [-0.2, -0.15) is 0 Å². The van der Waals surface area contributed by atoms with E-state index >= 15 is 0 Å². The van der Waals surface area contributed by atoms with Gasteiger partial charge in [0.25, 0.3) is 0 Å². The number of nitrogens with one attached hydrogen (secondary N) is 2. The summed E-state index contributed by atoms with van der Waals surface area (Å²) < 4.78 is 21.2. The Kier molecular flexibility index (Phi) is 9.68. The second kappa shape index (κ2) is 12.6. The van der Waals surface area contributed by atoms with Crippen molar-refractivity contribution < 1.29 is 23.7 Å². The Balaban J connectivity index is 1.70. The molecule has 2 rings (SSSR count). The molecular formula is C21H28N2O5. The number of ether oxygens (including phenoxy) is 4.